The number of fused-ring (bicyclic) bond motifs is 2. The van der Waals surface area contributed by atoms with Crippen LogP contribution in [0.25, 0.3) is 21.9 Å². The van der Waals surface area contributed by atoms with E-state index < -0.39 is 0 Å². The summed E-state index contributed by atoms with van der Waals surface area (Å²) in [5, 5.41) is 1.62. The van der Waals surface area contributed by atoms with Crippen LogP contribution >= 0.6 is 11.6 Å². The second kappa shape index (κ2) is 5.21. The smallest absolute Gasteiger partial charge is 0.200 e. The van der Waals surface area contributed by atoms with Gasteiger partial charge in [0.2, 0.25) is 5.43 Å². The number of nitrogens with zero attached hydrogens (tertiary/aromatic N) is 1. The Bertz CT molecular complexity index is 944. The quantitative estimate of drug-likeness (QED) is 0.670. The molecule has 0 amide bonds. The predicted molar refractivity (Wildman–Crippen MR) is 90.6 cm³/mol. The van der Waals surface area contributed by atoms with Gasteiger partial charge in [-0.25, -0.2) is 0 Å². The van der Waals surface area contributed by atoms with Crippen molar-refractivity contribution in [3.63, 3.8) is 0 Å². The number of anilines is 1. The van der Waals surface area contributed by atoms with Crippen molar-refractivity contribution < 1.29 is 9.15 Å². The highest BCUT2D eigenvalue weighted by atomic mass is 35.5. The maximum Gasteiger partial charge on any atom is 0.200 e. The molecule has 1 aromatic heterocycles. The summed E-state index contributed by atoms with van der Waals surface area (Å²) in [4.78, 5) is 14.7. The van der Waals surface area contributed by atoms with Crippen LogP contribution in [0.15, 0.2) is 33.5 Å². The monoisotopic (exact) mass is 317 g/mol. The largest absolute Gasteiger partial charge is 0.494 e. The summed E-state index contributed by atoms with van der Waals surface area (Å²) in [7, 11) is 5.37. The Labute approximate surface area is 132 Å². The van der Waals surface area contributed by atoms with E-state index in [1.54, 1.807) is 25.3 Å². The number of methoxy groups -OCH3 is 1. The topological polar surface area (TPSA) is 42.7 Å². The Balaban J connectivity index is 2.60. The fraction of sp³-hybridized carbons (Fsp3) is 0.235. The molecule has 0 fully saturated rings. The van der Waals surface area contributed by atoms with Crippen LogP contribution in [0.2, 0.25) is 5.02 Å². The van der Waals surface area contributed by atoms with Gasteiger partial charge in [0.15, 0.2) is 5.58 Å². The minimum atomic E-state index is -0.0591. The summed E-state index contributed by atoms with van der Waals surface area (Å²) < 4.78 is 11.5. The lowest BCUT2D eigenvalue weighted by atomic mass is 10.0. The summed E-state index contributed by atoms with van der Waals surface area (Å²) in [5.41, 5.74) is 2.49. The molecule has 0 saturated carbocycles. The van der Waals surface area contributed by atoms with Crippen molar-refractivity contribution >= 4 is 39.2 Å². The number of ether oxygens (including phenoxy) is 1. The van der Waals surface area contributed by atoms with Gasteiger partial charge in [-0.3, -0.25) is 4.79 Å². The number of hydrogen-bond donors (Lipinski definition) is 0. The van der Waals surface area contributed by atoms with Crippen molar-refractivity contribution in [3.8, 4) is 5.75 Å². The molecule has 0 radical (unpaired) electrons. The zero-order valence-corrected chi connectivity index (χ0v) is 13.6. The zero-order valence-electron chi connectivity index (χ0n) is 12.9. The molecular weight excluding hydrogens is 302 g/mol. The van der Waals surface area contributed by atoms with E-state index in [2.05, 4.69) is 0 Å². The van der Waals surface area contributed by atoms with E-state index in [0.29, 0.717) is 32.7 Å². The Hall–Kier alpha value is -2.20. The predicted octanol–water partition coefficient (Wildman–Crippen LogP) is 3.98. The fourth-order valence-corrected chi connectivity index (χ4v) is 2.88. The summed E-state index contributed by atoms with van der Waals surface area (Å²) in [5.74, 6) is 0.666. The first-order valence-electron chi connectivity index (χ1n) is 6.85. The van der Waals surface area contributed by atoms with Crippen LogP contribution in [-0.2, 0) is 0 Å². The van der Waals surface area contributed by atoms with Crippen molar-refractivity contribution in [3.05, 3.63) is 45.1 Å². The molecule has 2 aromatic carbocycles. The van der Waals surface area contributed by atoms with Gasteiger partial charge >= 0.3 is 0 Å². The SMILES string of the molecule is COc1cc(C)c2c(=O)c3ccc(Cl)cc3oc2c1N(C)C. The Kier molecular flexibility index (Phi) is 3.49. The maximum absolute atomic E-state index is 12.8. The molecule has 3 rings (SSSR count). The molecule has 0 spiro atoms. The van der Waals surface area contributed by atoms with E-state index in [1.165, 1.54) is 0 Å². The van der Waals surface area contributed by atoms with Crippen molar-refractivity contribution in [1.29, 1.82) is 0 Å². The Morgan fingerprint density at radius 1 is 1.23 bits per heavy atom. The molecule has 4 nitrogen and oxygen atoms in total. The van der Waals surface area contributed by atoms with Gasteiger partial charge in [-0.1, -0.05) is 11.6 Å². The van der Waals surface area contributed by atoms with Crippen LogP contribution in [0.5, 0.6) is 5.75 Å². The Morgan fingerprint density at radius 2 is 1.95 bits per heavy atom. The summed E-state index contributed by atoms with van der Waals surface area (Å²) in [6.07, 6.45) is 0. The minimum Gasteiger partial charge on any atom is -0.494 e. The first kappa shape index (κ1) is 14.7. The Morgan fingerprint density at radius 3 is 2.59 bits per heavy atom. The number of hydrogen-bond acceptors (Lipinski definition) is 4. The molecule has 0 aliphatic heterocycles. The van der Waals surface area contributed by atoms with Gasteiger partial charge in [0.25, 0.3) is 0 Å². The molecule has 22 heavy (non-hydrogen) atoms. The fourth-order valence-electron chi connectivity index (χ4n) is 2.72. The van der Waals surface area contributed by atoms with Crippen LogP contribution in [0.4, 0.5) is 5.69 Å². The number of benzene rings is 2. The summed E-state index contributed by atoms with van der Waals surface area (Å²) >= 11 is 6.02. The third-order valence-corrected chi connectivity index (χ3v) is 3.95. The highest BCUT2D eigenvalue weighted by Crippen LogP contribution is 2.37. The van der Waals surface area contributed by atoms with Gasteiger partial charge in [-0.15, -0.1) is 0 Å². The standard InChI is InChI=1S/C17H16ClNO3/c1-9-7-13(21-4)15(19(2)3)17-14(9)16(20)11-6-5-10(18)8-12(11)22-17/h5-8H,1-4H3. The summed E-state index contributed by atoms with van der Waals surface area (Å²) in [6, 6.07) is 6.91. The lowest BCUT2D eigenvalue weighted by molar-refractivity contribution is 0.415. The van der Waals surface area contributed by atoms with Gasteiger partial charge in [0, 0.05) is 25.2 Å². The molecule has 0 N–H and O–H groups in total. The highest BCUT2D eigenvalue weighted by Gasteiger charge is 2.19. The van der Waals surface area contributed by atoms with Crippen LogP contribution in [0, 0.1) is 6.92 Å². The van der Waals surface area contributed by atoms with Crippen LogP contribution in [0.3, 0.4) is 0 Å². The maximum atomic E-state index is 12.8. The van der Waals surface area contributed by atoms with Gasteiger partial charge in [0.1, 0.15) is 17.0 Å². The van der Waals surface area contributed by atoms with E-state index in [0.717, 1.165) is 11.3 Å². The minimum absolute atomic E-state index is 0.0591. The molecule has 0 saturated heterocycles. The molecule has 0 aliphatic carbocycles. The molecule has 1 heterocycles. The molecule has 0 atom stereocenters. The van der Waals surface area contributed by atoms with Crippen LogP contribution in [0.1, 0.15) is 5.56 Å². The van der Waals surface area contributed by atoms with E-state index in [1.807, 2.05) is 32.0 Å². The van der Waals surface area contributed by atoms with Crippen molar-refractivity contribution in [1.82, 2.24) is 0 Å². The van der Waals surface area contributed by atoms with Crippen LogP contribution in [-0.4, -0.2) is 21.2 Å². The third-order valence-electron chi connectivity index (χ3n) is 3.71. The second-order valence-electron chi connectivity index (χ2n) is 5.41. The van der Waals surface area contributed by atoms with Crippen molar-refractivity contribution in [2.75, 3.05) is 26.1 Å². The van der Waals surface area contributed by atoms with Crippen LogP contribution < -0.4 is 15.1 Å². The third kappa shape index (κ3) is 2.11. The van der Waals surface area contributed by atoms with E-state index >= 15 is 0 Å². The molecular formula is C17H16ClNO3. The number of rotatable bonds is 2. The average molecular weight is 318 g/mol. The van der Waals surface area contributed by atoms with Gasteiger partial charge in [-0.2, -0.15) is 0 Å². The van der Waals surface area contributed by atoms with Crippen molar-refractivity contribution in [2.24, 2.45) is 0 Å². The number of halogens is 1. The highest BCUT2D eigenvalue weighted by molar-refractivity contribution is 6.31. The first-order chi connectivity index (χ1) is 10.4. The summed E-state index contributed by atoms with van der Waals surface area (Å²) in [6.45, 7) is 1.88. The van der Waals surface area contributed by atoms with Gasteiger partial charge in [-0.05, 0) is 30.7 Å². The lowest BCUT2D eigenvalue weighted by Crippen LogP contribution is -2.13. The van der Waals surface area contributed by atoms with Gasteiger partial charge in [0.05, 0.1) is 17.9 Å². The molecule has 0 aliphatic rings. The lowest BCUT2D eigenvalue weighted by Gasteiger charge is -2.19. The second-order valence-corrected chi connectivity index (χ2v) is 5.85. The van der Waals surface area contributed by atoms with E-state index in [-0.39, 0.29) is 5.43 Å². The molecule has 0 bridgehead atoms. The molecule has 114 valence electrons. The molecule has 5 heteroatoms. The van der Waals surface area contributed by atoms with Crippen molar-refractivity contribution in [2.45, 2.75) is 6.92 Å². The molecule has 0 unspecified atom stereocenters. The number of aryl methyl sites for hydroxylation is 1. The average Bonchev–Trinajstić information content (AvgIpc) is 2.45. The van der Waals surface area contributed by atoms with E-state index in [9.17, 15) is 4.79 Å². The zero-order chi connectivity index (χ0) is 16.0. The van der Waals surface area contributed by atoms with Gasteiger partial charge < -0.3 is 14.1 Å². The molecule has 3 aromatic rings. The normalized spacial score (nSPS) is 11.1. The first-order valence-corrected chi connectivity index (χ1v) is 7.23. The van der Waals surface area contributed by atoms with E-state index in [4.69, 9.17) is 20.8 Å².